The molecule has 0 atom stereocenters. The molecule has 0 saturated carbocycles. The Balaban J connectivity index is 1.45. The fraction of sp³-hybridized carbons (Fsp3) is 0.333. The van der Waals surface area contributed by atoms with E-state index in [0.29, 0.717) is 31.8 Å². The van der Waals surface area contributed by atoms with Crippen molar-refractivity contribution in [3.8, 4) is 5.75 Å². The van der Waals surface area contributed by atoms with Crippen molar-refractivity contribution in [1.29, 1.82) is 0 Å². The Morgan fingerprint density at radius 3 is 3.00 bits per heavy atom. The van der Waals surface area contributed by atoms with Crippen molar-refractivity contribution in [3.63, 3.8) is 0 Å². The minimum absolute atomic E-state index is 0.0123. The average Bonchev–Trinajstić information content (AvgIpc) is 3.12. The van der Waals surface area contributed by atoms with Crippen molar-refractivity contribution in [1.82, 2.24) is 0 Å². The van der Waals surface area contributed by atoms with E-state index >= 15 is 0 Å². The van der Waals surface area contributed by atoms with Gasteiger partial charge in [-0.1, -0.05) is 0 Å². The quantitative estimate of drug-likeness (QED) is 0.828. The van der Waals surface area contributed by atoms with Crippen LogP contribution < -0.4 is 15.0 Å². The van der Waals surface area contributed by atoms with Crippen LogP contribution in [0.5, 0.6) is 5.75 Å². The predicted molar refractivity (Wildman–Crippen MR) is 90.2 cm³/mol. The summed E-state index contributed by atoms with van der Waals surface area (Å²) < 4.78 is 10.9. The molecular weight excluding hydrogens is 308 g/mol. The summed E-state index contributed by atoms with van der Waals surface area (Å²) in [5.41, 5.74) is 1.94. The van der Waals surface area contributed by atoms with Gasteiger partial charge in [0.15, 0.2) is 0 Å². The lowest BCUT2D eigenvalue weighted by molar-refractivity contribution is -0.118. The first kappa shape index (κ1) is 16.1. The molecule has 6 nitrogen and oxygen atoms in total. The molecule has 126 valence electrons. The SMILES string of the molecule is CN(C(=O)CCCOc1ccc2c(c1)CCC(=O)N2)c1ccco1. The highest BCUT2D eigenvalue weighted by Gasteiger charge is 2.15. The molecule has 1 aromatic heterocycles. The summed E-state index contributed by atoms with van der Waals surface area (Å²) in [6, 6.07) is 9.14. The number of rotatable bonds is 6. The molecule has 24 heavy (non-hydrogen) atoms. The van der Waals surface area contributed by atoms with Gasteiger partial charge in [-0.15, -0.1) is 0 Å². The molecular formula is C18H20N2O4. The standard InChI is InChI=1S/C18H20N2O4/c1-20(18-5-3-11-24-18)17(22)4-2-10-23-14-7-8-15-13(12-14)6-9-16(21)19-15/h3,5,7-8,11-12H,2,4,6,9-10H2,1H3,(H,19,21). The topological polar surface area (TPSA) is 71.8 Å². The number of nitrogens with zero attached hydrogens (tertiary/aromatic N) is 1. The molecule has 0 spiro atoms. The number of hydrogen-bond donors (Lipinski definition) is 1. The van der Waals surface area contributed by atoms with Crippen LogP contribution in [0.15, 0.2) is 41.0 Å². The summed E-state index contributed by atoms with van der Waals surface area (Å²) in [4.78, 5) is 24.9. The van der Waals surface area contributed by atoms with Gasteiger partial charge in [-0.2, -0.15) is 0 Å². The summed E-state index contributed by atoms with van der Waals surface area (Å²) in [7, 11) is 1.69. The van der Waals surface area contributed by atoms with Crippen LogP contribution in [0.4, 0.5) is 11.6 Å². The van der Waals surface area contributed by atoms with Crippen LogP contribution in [0.3, 0.4) is 0 Å². The van der Waals surface area contributed by atoms with E-state index in [-0.39, 0.29) is 11.8 Å². The first-order chi connectivity index (χ1) is 11.6. The van der Waals surface area contributed by atoms with E-state index in [2.05, 4.69) is 5.32 Å². The lowest BCUT2D eigenvalue weighted by atomic mass is 10.0. The largest absolute Gasteiger partial charge is 0.494 e. The van der Waals surface area contributed by atoms with Gasteiger partial charge in [0.25, 0.3) is 0 Å². The second-order valence-electron chi connectivity index (χ2n) is 5.72. The van der Waals surface area contributed by atoms with Crippen molar-refractivity contribution in [2.24, 2.45) is 0 Å². The zero-order valence-corrected chi connectivity index (χ0v) is 13.6. The van der Waals surface area contributed by atoms with Crippen molar-refractivity contribution in [3.05, 3.63) is 42.2 Å². The molecule has 1 aromatic carbocycles. The van der Waals surface area contributed by atoms with Crippen LogP contribution in [-0.4, -0.2) is 25.5 Å². The molecule has 0 aliphatic carbocycles. The van der Waals surface area contributed by atoms with Gasteiger partial charge in [0.05, 0.1) is 12.9 Å². The van der Waals surface area contributed by atoms with Crippen molar-refractivity contribution in [2.75, 3.05) is 23.9 Å². The maximum absolute atomic E-state index is 12.0. The van der Waals surface area contributed by atoms with Crippen molar-refractivity contribution < 1.29 is 18.7 Å². The molecule has 6 heteroatoms. The Hall–Kier alpha value is -2.76. The van der Waals surface area contributed by atoms with Gasteiger partial charge in [0.2, 0.25) is 17.7 Å². The molecule has 0 saturated heterocycles. The van der Waals surface area contributed by atoms with Crippen LogP contribution >= 0.6 is 0 Å². The number of fused-ring (bicyclic) bond motifs is 1. The molecule has 0 radical (unpaired) electrons. The lowest BCUT2D eigenvalue weighted by Crippen LogP contribution is -2.25. The van der Waals surface area contributed by atoms with Gasteiger partial charge in [0.1, 0.15) is 5.75 Å². The molecule has 3 rings (SSSR count). The minimum atomic E-state index is -0.0123. The summed E-state index contributed by atoms with van der Waals surface area (Å²) in [6.45, 7) is 0.461. The third-order valence-corrected chi connectivity index (χ3v) is 3.99. The Morgan fingerprint density at radius 1 is 1.33 bits per heavy atom. The first-order valence-corrected chi connectivity index (χ1v) is 7.99. The van der Waals surface area contributed by atoms with Crippen molar-refractivity contribution >= 4 is 23.4 Å². The van der Waals surface area contributed by atoms with E-state index in [0.717, 1.165) is 23.4 Å². The summed E-state index contributed by atoms with van der Waals surface area (Å²) in [5, 5.41) is 2.84. The van der Waals surface area contributed by atoms with E-state index < -0.39 is 0 Å². The van der Waals surface area contributed by atoms with Gasteiger partial charge in [0, 0.05) is 31.6 Å². The Kier molecular flexibility index (Phi) is 4.84. The van der Waals surface area contributed by atoms with E-state index in [1.165, 1.54) is 4.90 Å². The molecule has 0 bridgehead atoms. The number of carbonyl (C=O) groups is 2. The van der Waals surface area contributed by atoms with Crippen molar-refractivity contribution in [2.45, 2.75) is 25.7 Å². The molecule has 0 fully saturated rings. The van der Waals surface area contributed by atoms with E-state index in [4.69, 9.17) is 9.15 Å². The molecule has 2 aromatic rings. The van der Waals surface area contributed by atoms with Crippen LogP contribution in [0, 0.1) is 0 Å². The number of ether oxygens (including phenoxy) is 1. The van der Waals surface area contributed by atoms with Crippen LogP contribution in [-0.2, 0) is 16.0 Å². The van der Waals surface area contributed by atoms with Crippen LogP contribution in [0.25, 0.3) is 0 Å². The lowest BCUT2D eigenvalue weighted by Gasteiger charge is -2.18. The number of hydrogen-bond acceptors (Lipinski definition) is 4. The molecule has 1 aliphatic rings. The number of nitrogens with one attached hydrogen (secondary N) is 1. The fourth-order valence-electron chi connectivity index (χ4n) is 2.61. The Bertz CT molecular complexity index is 725. The highest BCUT2D eigenvalue weighted by Crippen LogP contribution is 2.26. The number of anilines is 2. The number of carbonyl (C=O) groups excluding carboxylic acids is 2. The zero-order valence-electron chi connectivity index (χ0n) is 13.6. The van der Waals surface area contributed by atoms with E-state index in [1.54, 1.807) is 25.4 Å². The molecule has 2 amide bonds. The monoisotopic (exact) mass is 328 g/mol. The molecule has 1 aliphatic heterocycles. The van der Waals surface area contributed by atoms with Gasteiger partial charge < -0.3 is 14.5 Å². The third-order valence-electron chi connectivity index (χ3n) is 3.99. The van der Waals surface area contributed by atoms with Gasteiger partial charge in [-0.25, -0.2) is 0 Å². The van der Waals surface area contributed by atoms with Crippen LogP contribution in [0.2, 0.25) is 0 Å². The van der Waals surface area contributed by atoms with Gasteiger partial charge >= 0.3 is 0 Å². The normalized spacial score (nSPS) is 13.1. The number of benzene rings is 1. The first-order valence-electron chi connectivity index (χ1n) is 7.99. The fourth-order valence-corrected chi connectivity index (χ4v) is 2.61. The van der Waals surface area contributed by atoms with E-state index in [9.17, 15) is 9.59 Å². The van der Waals surface area contributed by atoms with E-state index in [1.807, 2.05) is 18.2 Å². The van der Waals surface area contributed by atoms with Crippen LogP contribution in [0.1, 0.15) is 24.8 Å². The maximum Gasteiger partial charge on any atom is 0.229 e. The Labute approximate surface area is 140 Å². The average molecular weight is 328 g/mol. The molecule has 2 heterocycles. The highest BCUT2D eigenvalue weighted by molar-refractivity contribution is 5.94. The smallest absolute Gasteiger partial charge is 0.229 e. The number of amides is 2. The molecule has 1 N–H and O–H groups in total. The number of furan rings is 1. The van der Waals surface area contributed by atoms with Gasteiger partial charge in [-0.3, -0.25) is 14.5 Å². The molecule has 0 unspecified atom stereocenters. The summed E-state index contributed by atoms with van der Waals surface area (Å²) in [5.74, 6) is 1.34. The third kappa shape index (κ3) is 3.76. The van der Waals surface area contributed by atoms with Gasteiger partial charge in [-0.05, 0) is 42.7 Å². The zero-order chi connectivity index (χ0) is 16.9. The summed E-state index contributed by atoms with van der Waals surface area (Å²) in [6.07, 6.45) is 3.78. The number of aryl methyl sites for hydroxylation is 1. The highest BCUT2D eigenvalue weighted by atomic mass is 16.5. The Morgan fingerprint density at radius 2 is 2.21 bits per heavy atom. The maximum atomic E-state index is 12.0. The summed E-state index contributed by atoms with van der Waals surface area (Å²) >= 11 is 0. The second kappa shape index (κ2) is 7.21. The second-order valence-corrected chi connectivity index (χ2v) is 5.72. The minimum Gasteiger partial charge on any atom is -0.494 e. The predicted octanol–water partition coefficient (Wildman–Crippen LogP) is 2.99.